The highest BCUT2D eigenvalue weighted by Gasteiger charge is 2.29. The van der Waals surface area contributed by atoms with Crippen LogP contribution in [0.3, 0.4) is 0 Å². The standard InChI is InChI=1S/C12H23NO3/c1-7(2)9(5)11(14)10(8(3)4)13-12(15)16-6/h7-10H,1-6H3,(H,13,15)/t9?,10-/m0/s1. The third-order valence-corrected chi connectivity index (χ3v) is 2.88. The Hall–Kier alpha value is -1.06. The van der Waals surface area contributed by atoms with E-state index in [9.17, 15) is 9.59 Å². The lowest BCUT2D eigenvalue weighted by atomic mass is 9.86. The monoisotopic (exact) mass is 229 g/mol. The van der Waals surface area contributed by atoms with Gasteiger partial charge in [-0.15, -0.1) is 0 Å². The van der Waals surface area contributed by atoms with Gasteiger partial charge in [-0.2, -0.15) is 0 Å². The SMILES string of the molecule is COC(=O)N[C@H](C(=O)C(C)C(C)C)C(C)C. The Morgan fingerprint density at radius 2 is 1.50 bits per heavy atom. The summed E-state index contributed by atoms with van der Waals surface area (Å²) in [5.74, 6) is 0.334. The van der Waals surface area contributed by atoms with E-state index in [4.69, 9.17) is 0 Å². The number of nitrogens with one attached hydrogen (secondary N) is 1. The zero-order valence-electron chi connectivity index (χ0n) is 11.0. The van der Waals surface area contributed by atoms with Crippen molar-refractivity contribution in [3.05, 3.63) is 0 Å². The highest BCUT2D eigenvalue weighted by Crippen LogP contribution is 2.16. The molecule has 0 aliphatic heterocycles. The lowest BCUT2D eigenvalue weighted by molar-refractivity contribution is -0.126. The first-order chi connectivity index (χ1) is 7.31. The summed E-state index contributed by atoms with van der Waals surface area (Å²) < 4.78 is 4.52. The molecular formula is C12H23NO3. The summed E-state index contributed by atoms with van der Waals surface area (Å²) in [7, 11) is 1.29. The number of hydrogen-bond acceptors (Lipinski definition) is 3. The molecule has 0 aromatic carbocycles. The van der Waals surface area contributed by atoms with E-state index < -0.39 is 12.1 Å². The molecule has 0 aromatic heterocycles. The van der Waals surface area contributed by atoms with Gasteiger partial charge in [0.2, 0.25) is 0 Å². The lowest BCUT2D eigenvalue weighted by Gasteiger charge is -2.25. The van der Waals surface area contributed by atoms with E-state index in [1.165, 1.54) is 7.11 Å². The molecule has 1 amide bonds. The van der Waals surface area contributed by atoms with Crippen LogP contribution in [0.2, 0.25) is 0 Å². The maximum Gasteiger partial charge on any atom is 0.407 e. The highest BCUT2D eigenvalue weighted by molar-refractivity contribution is 5.89. The zero-order chi connectivity index (χ0) is 12.9. The number of carbonyl (C=O) groups is 2. The van der Waals surface area contributed by atoms with Gasteiger partial charge < -0.3 is 10.1 Å². The summed E-state index contributed by atoms with van der Waals surface area (Å²) in [6.07, 6.45) is -0.553. The van der Waals surface area contributed by atoms with Gasteiger partial charge in [-0.05, 0) is 11.8 Å². The van der Waals surface area contributed by atoms with Gasteiger partial charge in [0.1, 0.15) is 0 Å². The van der Waals surface area contributed by atoms with Gasteiger partial charge >= 0.3 is 6.09 Å². The molecule has 0 aliphatic rings. The first-order valence-electron chi connectivity index (χ1n) is 5.69. The normalized spacial score (nSPS) is 14.8. The van der Waals surface area contributed by atoms with Crippen LogP contribution in [-0.2, 0) is 9.53 Å². The largest absolute Gasteiger partial charge is 0.453 e. The summed E-state index contributed by atoms with van der Waals surface area (Å²) in [6.45, 7) is 9.70. The molecule has 0 aliphatic carbocycles. The molecule has 94 valence electrons. The number of alkyl carbamates (subject to hydrolysis) is 1. The van der Waals surface area contributed by atoms with Crippen LogP contribution in [0, 0.1) is 17.8 Å². The third-order valence-electron chi connectivity index (χ3n) is 2.88. The molecule has 2 atom stereocenters. The molecule has 16 heavy (non-hydrogen) atoms. The molecule has 0 radical (unpaired) electrons. The minimum absolute atomic E-state index is 0.0628. The van der Waals surface area contributed by atoms with E-state index >= 15 is 0 Å². The van der Waals surface area contributed by atoms with Gasteiger partial charge in [-0.3, -0.25) is 4.79 Å². The molecule has 0 bridgehead atoms. The quantitative estimate of drug-likeness (QED) is 0.786. The molecular weight excluding hydrogens is 206 g/mol. The maximum absolute atomic E-state index is 12.1. The number of ether oxygens (including phenoxy) is 1. The Labute approximate surface area is 97.7 Å². The summed E-state index contributed by atoms with van der Waals surface area (Å²) in [5.41, 5.74) is 0. The number of hydrogen-bond donors (Lipinski definition) is 1. The second-order valence-corrected chi connectivity index (χ2v) is 4.79. The minimum atomic E-state index is -0.553. The van der Waals surface area contributed by atoms with E-state index in [-0.39, 0.29) is 23.5 Å². The van der Waals surface area contributed by atoms with Crippen LogP contribution in [0.15, 0.2) is 0 Å². The fourth-order valence-electron chi connectivity index (χ4n) is 1.36. The van der Waals surface area contributed by atoms with Gasteiger partial charge in [0.15, 0.2) is 5.78 Å². The summed E-state index contributed by atoms with van der Waals surface area (Å²) in [5, 5.41) is 2.59. The van der Waals surface area contributed by atoms with Crippen molar-refractivity contribution in [1.82, 2.24) is 5.32 Å². The molecule has 0 spiro atoms. The second kappa shape index (κ2) is 6.51. The van der Waals surface area contributed by atoms with Gasteiger partial charge in [-0.1, -0.05) is 34.6 Å². The van der Waals surface area contributed by atoms with E-state index in [1.807, 2.05) is 34.6 Å². The van der Waals surface area contributed by atoms with Crippen LogP contribution in [0.5, 0.6) is 0 Å². The lowest BCUT2D eigenvalue weighted by Crippen LogP contribution is -2.47. The number of ketones is 1. The fourth-order valence-corrected chi connectivity index (χ4v) is 1.36. The summed E-state index contributed by atoms with van der Waals surface area (Å²) >= 11 is 0. The van der Waals surface area contributed by atoms with Crippen LogP contribution in [0.1, 0.15) is 34.6 Å². The summed E-state index contributed by atoms with van der Waals surface area (Å²) in [4.78, 5) is 23.2. The van der Waals surface area contributed by atoms with Gasteiger partial charge in [0.05, 0.1) is 13.2 Å². The smallest absolute Gasteiger partial charge is 0.407 e. The van der Waals surface area contributed by atoms with Gasteiger partial charge in [0, 0.05) is 5.92 Å². The topological polar surface area (TPSA) is 55.4 Å². The Morgan fingerprint density at radius 1 is 1.00 bits per heavy atom. The van der Waals surface area contributed by atoms with Gasteiger partial charge in [-0.25, -0.2) is 4.79 Å². The number of methoxy groups -OCH3 is 1. The van der Waals surface area contributed by atoms with Crippen LogP contribution in [0.4, 0.5) is 4.79 Å². The molecule has 0 heterocycles. The van der Waals surface area contributed by atoms with E-state index in [0.717, 1.165) is 0 Å². The van der Waals surface area contributed by atoms with Crippen molar-refractivity contribution in [2.45, 2.75) is 40.7 Å². The summed E-state index contributed by atoms with van der Waals surface area (Å²) in [6, 6.07) is -0.468. The van der Waals surface area contributed by atoms with Crippen LogP contribution in [0.25, 0.3) is 0 Å². The number of carbonyl (C=O) groups excluding carboxylic acids is 2. The average molecular weight is 229 g/mol. The van der Waals surface area contributed by atoms with Gasteiger partial charge in [0.25, 0.3) is 0 Å². The van der Waals surface area contributed by atoms with Crippen LogP contribution >= 0.6 is 0 Å². The van der Waals surface area contributed by atoms with Crippen molar-refractivity contribution in [3.8, 4) is 0 Å². The first kappa shape index (κ1) is 14.9. The van der Waals surface area contributed by atoms with Crippen molar-refractivity contribution in [3.63, 3.8) is 0 Å². The second-order valence-electron chi connectivity index (χ2n) is 4.79. The molecule has 0 saturated carbocycles. The Bertz CT molecular complexity index is 249. The molecule has 0 saturated heterocycles. The third kappa shape index (κ3) is 4.21. The number of rotatable bonds is 5. The fraction of sp³-hybridized carbons (Fsp3) is 0.833. The minimum Gasteiger partial charge on any atom is -0.453 e. The maximum atomic E-state index is 12.1. The highest BCUT2D eigenvalue weighted by atomic mass is 16.5. The average Bonchev–Trinajstić information content (AvgIpc) is 2.22. The Kier molecular flexibility index (Phi) is 6.08. The number of amides is 1. The van der Waals surface area contributed by atoms with E-state index in [1.54, 1.807) is 0 Å². The molecule has 0 rings (SSSR count). The predicted molar refractivity (Wildman–Crippen MR) is 63.2 cm³/mol. The van der Waals surface area contributed by atoms with E-state index in [0.29, 0.717) is 0 Å². The van der Waals surface area contributed by atoms with Crippen molar-refractivity contribution < 1.29 is 14.3 Å². The van der Waals surface area contributed by atoms with Crippen molar-refractivity contribution in [2.24, 2.45) is 17.8 Å². The molecule has 4 heteroatoms. The van der Waals surface area contributed by atoms with Crippen LogP contribution in [-0.4, -0.2) is 25.0 Å². The first-order valence-corrected chi connectivity index (χ1v) is 5.69. The van der Waals surface area contributed by atoms with Crippen molar-refractivity contribution >= 4 is 11.9 Å². The van der Waals surface area contributed by atoms with Crippen molar-refractivity contribution in [2.75, 3.05) is 7.11 Å². The molecule has 4 nitrogen and oxygen atoms in total. The molecule has 1 unspecified atom stereocenters. The molecule has 1 N–H and O–H groups in total. The Balaban J connectivity index is 4.66. The van der Waals surface area contributed by atoms with E-state index in [2.05, 4.69) is 10.1 Å². The molecule has 0 aromatic rings. The zero-order valence-corrected chi connectivity index (χ0v) is 11.0. The molecule has 0 fully saturated rings. The Morgan fingerprint density at radius 3 is 1.81 bits per heavy atom. The predicted octanol–water partition coefficient (Wildman–Crippen LogP) is 2.23. The van der Waals surface area contributed by atoms with Crippen LogP contribution < -0.4 is 5.32 Å². The van der Waals surface area contributed by atoms with Crippen molar-refractivity contribution in [1.29, 1.82) is 0 Å². The number of Topliss-reactive ketones (excluding diaryl/α,β-unsaturated/α-hetero) is 1.